The van der Waals surface area contributed by atoms with E-state index in [0.717, 1.165) is 19.1 Å². The average molecular weight is 291 g/mol. The Kier molecular flexibility index (Phi) is 4.47. The molecule has 0 N–H and O–H groups in total. The van der Waals surface area contributed by atoms with Crippen LogP contribution in [-0.4, -0.2) is 69.2 Å². The summed E-state index contributed by atoms with van der Waals surface area (Å²) >= 11 is 0. The smallest absolute Gasteiger partial charge is 0.238 e. The molecule has 2 fully saturated rings. The fourth-order valence-electron chi connectivity index (χ4n) is 2.92. The minimum absolute atomic E-state index is 0.0287. The van der Waals surface area contributed by atoms with Gasteiger partial charge in [0, 0.05) is 19.4 Å². The Labute approximate surface area is 114 Å². The van der Waals surface area contributed by atoms with Crippen molar-refractivity contribution in [2.45, 2.75) is 38.0 Å². The van der Waals surface area contributed by atoms with Crippen molar-refractivity contribution in [3.8, 4) is 0 Å². The van der Waals surface area contributed by atoms with Crippen LogP contribution in [0, 0.1) is 0 Å². The number of nitrogens with zero attached hydrogens (tertiary/aromatic N) is 1. The van der Waals surface area contributed by atoms with E-state index >= 15 is 0 Å². The highest BCUT2D eigenvalue weighted by atomic mass is 32.2. The highest BCUT2D eigenvalue weighted by molar-refractivity contribution is 7.91. The lowest BCUT2D eigenvalue weighted by Gasteiger charge is -2.31. The van der Waals surface area contributed by atoms with Crippen LogP contribution in [0.1, 0.15) is 19.8 Å². The van der Waals surface area contributed by atoms with Crippen molar-refractivity contribution in [1.82, 2.24) is 4.90 Å². The van der Waals surface area contributed by atoms with E-state index in [4.69, 9.17) is 9.47 Å². The summed E-state index contributed by atoms with van der Waals surface area (Å²) in [5, 5.41) is 0. The maximum atomic E-state index is 12.1. The summed E-state index contributed by atoms with van der Waals surface area (Å²) in [5.74, 6) is -0.782. The first-order valence-electron chi connectivity index (χ1n) is 6.62. The van der Waals surface area contributed by atoms with E-state index in [2.05, 4.69) is 0 Å². The standard InChI is InChI=1S/C12H21NO5S/c1-3-17-12-9-4-5-10(12)18-7-6-13(9)11(14)8-19(2,15)16/h9-10,12H,3-8H2,1-2H3/t9-,10-,12+/m1/s1. The molecule has 1 saturated carbocycles. The van der Waals surface area contributed by atoms with Gasteiger partial charge in [0.2, 0.25) is 5.91 Å². The van der Waals surface area contributed by atoms with Gasteiger partial charge in [-0.3, -0.25) is 4.79 Å². The van der Waals surface area contributed by atoms with Crippen LogP contribution < -0.4 is 0 Å². The van der Waals surface area contributed by atoms with Crippen molar-refractivity contribution < 1.29 is 22.7 Å². The number of hydrogen-bond donors (Lipinski definition) is 0. The van der Waals surface area contributed by atoms with Crippen molar-refractivity contribution in [3.63, 3.8) is 0 Å². The first-order valence-corrected chi connectivity index (χ1v) is 8.69. The Bertz CT molecular complexity index is 435. The molecule has 110 valence electrons. The first kappa shape index (κ1) is 14.7. The molecule has 1 aliphatic heterocycles. The van der Waals surface area contributed by atoms with Gasteiger partial charge in [0.15, 0.2) is 9.84 Å². The van der Waals surface area contributed by atoms with Gasteiger partial charge in [-0.1, -0.05) is 0 Å². The van der Waals surface area contributed by atoms with Crippen LogP contribution in [0.25, 0.3) is 0 Å². The average Bonchev–Trinajstić information content (AvgIpc) is 2.53. The number of rotatable bonds is 4. The number of sulfone groups is 1. The molecule has 2 aliphatic rings. The molecule has 0 spiro atoms. The Balaban J connectivity index is 2.13. The third-order valence-corrected chi connectivity index (χ3v) is 4.39. The Morgan fingerprint density at radius 1 is 1.42 bits per heavy atom. The fourth-order valence-corrected chi connectivity index (χ4v) is 3.53. The zero-order chi connectivity index (χ0) is 14.0. The summed E-state index contributed by atoms with van der Waals surface area (Å²) < 4.78 is 33.9. The van der Waals surface area contributed by atoms with Crippen molar-refractivity contribution in [1.29, 1.82) is 0 Å². The van der Waals surface area contributed by atoms with Gasteiger partial charge in [0.05, 0.1) is 18.8 Å². The summed E-state index contributed by atoms with van der Waals surface area (Å²) in [7, 11) is -3.31. The molecule has 1 saturated heterocycles. The van der Waals surface area contributed by atoms with E-state index in [1.54, 1.807) is 4.90 Å². The van der Waals surface area contributed by atoms with Crippen LogP contribution in [0.3, 0.4) is 0 Å². The third-order valence-electron chi connectivity index (χ3n) is 3.62. The number of carbonyl (C=O) groups is 1. The summed E-state index contributed by atoms with van der Waals surface area (Å²) in [6, 6.07) is -0.0540. The van der Waals surface area contributed by atoms with Gasteiger partial charge in [0.1, 0.15) is 11.9 Å². The van der Waals surface area contributed by atoms with E-state index in [1.165, 1.54) is 0 Å². The van der Waals surface area contributed by atoms with Gasteiger partial charge >= 0.3 is 0 Å². The topological polar surface area (TPSA) is 72.9 Å². The fraction of sp³-hybridized carbons (Fsp3) is 0.917. The molecule has 1 heterocycles. The van der Waals surface area contributed by atoms with E-state index in [9.17, 15) is 13.2 Å². The van der Waals surface area contributed by atoms with Gasteiger partial charge in [-0.15, -0.1) is 0 Å². The van der Waals surface area contributed by atoms with Gasteiger partial charge < -0.3 is 14.4 Å². The molecule has 1 aliphatic carbocycles. The normalized spacial score (nSPS) is 31.3. The van der Waals surface area contributed by atoms with Crippen LogP contribution >= 0.6 is 0 Å². The SMILES string of the molecule is CCO[C@H]1[C@H]2CC[C@H]1OCCN2C(=O)CS(C)(=O)=O. The number of carbonyl (C=O) groups excluding carboxylic acids is 1. The number of fused-ring (bicyclic) bond motifs is 2. The highest BCUT2D eigenvalue weighted by Crippen LogP contribution is 2.32. The van der Waals surface area contributed by atoms with Crippen molar-refractivity contribution in [2.75, 3.05) is 31.8 Å². The van der Waals surface area contributed by atoms with Crippen LogP contribution in [0.4, 0.5) is 0 Å². The maximum Gasteiger partial charge on any atom is 0.238 e. The lowest BCUT2D eigenvalue weighted by Crippen LogP contribution is -2.48. The number of amides is 1. The van der Waals surface area contributed by atoms with Gasteiger partial charge in [-0.2, -0.15) is 0 Å². The number of hydrogen-bond acceptors (Lipinski definition) is 5. The maximum absolute atomic E-state index is 12.1. The Hall–Kier alpha value is -0.660. The zero-order valence-corrected chi connectivity index (χ0v) is 12.2. The molecule has 0 unspecified atom stereocenters. The second-order valence-corrected chi connectivity index (χ2v) is 7.27. The van der Waals surface area contributed by atoms with Gasteiger partial charge in [0.25, 0.3) is 0 Å². The molecule has 1 amide bonds. The lowest BCUT2D eigenvalue weighted by atomic mass is 10.1. The predicted molar refractivity (Wildman–Crippen MR) is 69.6 cm³/mol. The van der Waals surface area contributed by atoms with Crippen LogP contribution in [0.2, 0.25) is 0 Å². The van der Waals surface area contributed by atoms with Crippen LogP contribution in [0.15, 0.2) is 0 Å². The van der Waals surface area contributed by atoms with Crippen LogP contribution in [0.5, 0.6) is 0 Å². The molecule has 0 aromatic rings. The van der Waals surface area contributed by atoms with E-state index in [0.29, 0.717) is 19.8 Å². The third kappa shape index (κ3) is 3.46. The van der Waals surface area contributed by atoms with E-state index in [1.807, 2.05) is 6.92 Å². The van der Waals surface area contributed by atoms with Crippen LogP contribution in [-0.2, 0) is 24.1 Å². The second-order valence-electron chi connectivity index (χ2n) is 5.13. The molecule has 19 heavy (non-hydrogen) atoms. The quantitative estimate of drug-likeness (QED) is 0.719. The minimum atomic E-state index is -3.31. The van der Waals surface area contributed by atoms with Crippen molar-refractivity contribution >= 4 is 15.7 Å². The van der Waals surface area contributed by atoms with Crippen molar-refractivity contribution in [3.05, 3.63) is 0 Å². The summed E-state index contributed by atoms with van der Waals surface area (Å²) in [5.41, 5.74) is 0. The largest absolute Gasteiger partial charge is 0.374 e. The van der Waals surface area contributed by atoms with E-state index in [-0.39, 0.29) is 24.2 Å². The van der Waals surface area contributed by atoms with Crippen molar-refractivity contribution in [2.24, 2.45) is 0 Å². The molecular formula is C12H21NO5S. The monoisotopic (exact) mass is 291 g/mol. The molecule has 2 bridgehead atoms. The summed E-state index contributed by atoms with van der Waals surface area (Å²) in [4.78, 5) is 13.8. The number of ether oxygens (including phenoxy) is 2. The summed E-state index contributed by atoms with van der Waals surface area (Å²) in [6.45, 7) is 3.36. The second kappa shape index (κ2) is 5.76. The molecule has 0 radical (unpaired) electrons. The molecule has 3 atom stereocenters. The molecular weight excluding hydrogens is 270 g/mol. The minimum Gasteiger partial charge on any atom is -0.374 e. The molecule has 2 rings (SSSR count). The lowest BCUT2D eigenvalue weighted by molar-refractivity contribution is -0.133. The molecule has 0 aromatic heterocycles. The Morgan fingerprint density at radius 3 is 2.79 bits per heavy atom. The molecule has 6 nitrogen and oxygen atoms in total. The van der Waals surface area contributed by atoms with Gasteiger partial charge in [-0.25, -0.2) is 8.42 Å². The van der Waals surface area contributed by atoms with Gasteiger partial charge in [-0.05, 0) is 19.8 Å². The summed E-state index contributed by atoms with van der Waals surface area (Å²) in [6.07, 6.45) is 2.65. The molecule has 7 heteroatoms. The predicted octanol–water partition coefficient (Wildman–Crippen LogP) is -0.174. The van der Waals surface area contributed by atoms with E-state index < -0.39 is 15.6 Å². The highest BCUT2D eigenvalue weighted by Gasteiger charge is 2.44. The molecule has 0 aromatic carbocycles. The first-order chi connectivity index (χ1) is 8.92. The zero-order valence-electron chi connectivity index (χ0n) is 11.4. The Morgan fingerprint density at radius 2 is 2.16 bits per heavy atom.